The van der Waals surface area contributed by atoms with E-state index in [9.17, 15) is 4.79 Å². The Morgan fingerprint density at radius 3 is 2.96 bits per heavy atom. The Hall–Kier alpha value is -1.73. The molecular formula is C17H24N4O2S. The van der Waals surface area contributed by atoms with Gasteiger partial charge in [-0.25, -0.2) is 14.8 Å². The lowest BCUT2D eigenvalue weighted by molar-refractivity contribution is 0.0531. The number of aryl methyl sites for hydroxylation is 1. The minimum absolute atomic E-state index is 0.269. The molecule has 130 valence electrons. The summed E-state index contributed by atoms with van der Waals surface area (Å²) in [5.74, 6) is 0.672. The molecule has 0 amide bonds. The van der Waals surface area contributed by atoms with Gasteiger partial charge >= 0.3 is 5.97 Å². The number of esters is 1. The SMILES string of the molecule is CCOC(=O)c1sc2ncnc(N3CCC(N(C)CC)C3)c2c1C. The highest BCUT2D eigenvalue weighted by molar-refractivity contribution is 7.20. The molecule has 3 rings (SSSR count). The van der Waals surface area contributed by atoms with Gasteiger partial charge in [-0.15, -0.1) is 11.3 Å². The molecule has 0 bridgehead atoms. The first-order valence-corrected chi connectivity index (χ1v) is 9.24. The van der Waals surface area contributed by atoms with Crippen molar-refractivity contribution in [2.45, 2.75) is 33.2 Å². The van der Waals surface area contributed by atoms with Crippen LogP contribution in [0.25, 0.3) is 10.2 Å². The summed E-state index contributed by atoms with van der Waals surface area (Å²) in [6, 6.07) is 0.545. The Balaban J connectivity index is 1.96. The van der Waals surface area contributed by atoms with Crippen LogP contribution in [-0.2, 0) is 4.74 Å². The van der Waals surface area contributed by atoms with Crippen molar-refractivity contribution in [1.82, 2.24) is 14.9 Å². The molecule has 7 heteroatoms. The quantitative estimate of drug-likeness (QED) is 0.775. The predicted molar refractivity (Wildman–Crippen MR) is 97.0 cm³/mol. The number of anilines is 1. The molecule has 0 aliphatic carbocycles. The summed E-state index contributed by atoms with van der Waals surface area (Å²) >= 11 is 1.39. The summed E-state index contributed by atoms with van der Waals surface area (Å²) in [6.07, 6.45) is 2.73. The largest absolute Gasteiger partial charge is 0.462 e. The number of nitrogens with zero attached hydrogens (tertiary/aromatic N) is 4. The molecule has 1 aliphatic heterocycles. The molecule has 0 saturated carbocycles. The zero-order valence-corrected chi connectivity index (χ0v) is 15.5. The fourth-order valence-corrected chi connectivity index (χ4v) is 4.27. The van der Waals surface area contributed by atoms with Gasteiger partial charge in [0.05, 0.1) is 12.0 Å². The van der Waals surface area contributed by atoms with Gasteiger partial charge < -0.3 is 14.5 Å². The lowest BCUT2D eigenvalue weighted by Gasteiger charge is -2.23. The molecule has 1 saturated heterocycles. The molecule has 1 atom stereocenters. The molecule has 3 heterocycles. The number of hydrogen-bond donors (Lipinski definition) is 0. The van der Waals surface area contributed by atoms with Gasteiger partial charge in [0.1, 0.15) is 21.9 Å². The molecule has 1 fully saturated rings. The number of fused-ring (bicyclic) bond motifs is 1. The maximum atomic E-state index is 12.2. The second-order valence-electron chi connectivity index (χ2n) is 6.12. The number of thiophene rings is 1. The van der Waals surface area contributed by atoms with Gasteiger partial charge in [-0.1, -0.05) is 6.92 Å². The van der Waals surface area contributed by atoms with Crippen LogP contribution in [0.15, 0.2) is 6.33 Å². The number of ether oxygens (including phenoxy) is 1. The molecule has 1 unspecified atom stereocenters. The average Bonchev–Trinajstić information content (AvgIpc) is 3.20. The summed E-state index contributed by atoms with van der Waals surface area (Å²) < 4.78 is 5.17. The normalized spacial score (nSPS) is 17.9. The molecule has 0 spiro atoms. The van der Waals surface area contributed by atoms with Gasteiger partial charge in [0, 0.05) is 19.1 Å². The van der Waals surface area contributed by atoms with E-state index in [4.69, 9.17) is 4.74 Å². The van der Waals surface area contributed by atoms with Crippen LogP contribution in [0.1, 0.15) is 35.5 Å². The highest BCUT2D eigenvalue weighted by Crippen LogP contribution is 2.36. The van der Waals surface area contributed by atoms with E-state index < -0.39 is 0 Å². The van der Waals surface area contributed by atoms with Crippen molar-refractivity contribution in [3.63, 3.8) is 0 Å². The molecule has 6 nitrogen and oxygen atoms in total. The Morgan fingerprint density at radius 1 is 1.46 bits per heavy atom. The Morgan fingerprint density at radius 2 is 2.25 bits per heavy atom. The number of carbonyl (C=O) groups is 1. The fourth-order valence-electron chi connectivity index (χ4n) is 3.24. The van der Waals surface area contributed by atoms with Gasteiger partial charge in [0.2, 0.25) is 0 Å². The highest BCUT2D eigenvalue weighted by atomic mass is 32.1. The minimum atomic E-state index is -0.269. The number of carbonyl (C=O) groups excluding carboxylic acids is 1. The van der Waals surface area contributed by atoms with E-state index in [0.29, 0.717) is 17.5 Å². The van der Waals surface area contributed by atoms with Gasteiger partial charge in [-0.2, -0.15) is 0 Å². The summed E-state index contributed by atoms with van der Waals surface area (Å²) in [7, 11) is 2.17. The number of hydrogen-bond acceptors (Lipinski definition) is 7. The van der Waals surface area contributed by atoms with Crippen molar-refractivity contribution < 1.29 is 9.53 Å². The van der Waals surface area contributed by atoms with Crippen LogP contribution in [0.5, 0.6) is 0 Å². The van der Waals surface area contributed by atoms with Crippen LogP contribution in [-0.4, -0.2) is 60.2 Å². The van der Waals surface area contributed by atoms with E-state index >= 15 is 0 Å². The zero-order chi connectivity index (χ0) is 17.3. The van der Waals surface area contributed by atoms with Crippen molar-refractivity contribution in [2.24, 2.45) is 0 Å². The smallest absolute Gasteiger partial charge is 0.348 e. The predicted octanol–water partition coefficient (Wildman–Crippen LogP) is 2.71. The first kappa shape index (κ1) is 17.1. The maximum absolute atomic E-state index is 12.2. The third kappa shape index (κ3) is 2.98. The second-order valence-corrected chi connectivity index (χ2v) is 7.11. The molecule has 0 N–H and O–H groups in total. The third-order valence-electron chi connectivity index (χ3n) is 4.75. The molecule has 2 aromatic heterocycles. The van der Waals surface area contributed by atoms with E-state index in [1.807, 2.05) is 13.8 Å². The topological polar surface area (TPSA) is 58.6 Å². The summed E-state index contributed by atoms with van der Waals surface area (Å²) in [5, 5.41) is 0.991. The molecule has 24 heavy (non-hydrogen) atoms. The second kappa shape index (κ2) is 7.03. The van der Waals surface area contributed by atoms with Crippen LogP contribution in [0.2, 0.25) is 0 Å². The van der Waals surface area contributed by atoms with Gasteiger partial charge in [-0.05, 0) is 39.4 Å². The van der Waals surface area contributed by atoms with Crippen molar-refractivity contribution >= 4 is 33.3 Å². The first-order valence-electron chi connectivity index (χ1n) is 8.43. The first-order chi connectivity index (χ1) is 11.6. The van der Waals surface area contributed by atoms with E-state index in [-0.39, 0.29) is 5.97 Å². The van der Waals surface area contributed by atoms with Gasteiger partial charge in [0.25, 0.3) is 0 Å². The van der Waals surface area contributed by atoms with E-state index in [2.05, 4.69) is 33.7 Å². The Bertz CT molecular complexity index is 746. The average molecular weight is 348 g/mol. The van der Waals surface area contributed by atoms with Crippen LogP contribution < -0.4 is 4.90 Å². The minimum Gasteiger partial charge on any atom is -0.462 e. The number of likely N-dealkylation sites (N-methyl/N-ethyl adjacent to an activating group) is 1. The zero-order valence-electron chi connectivity index (χ0n) is 14.7. The van der Waals surface area contributed by atoms with Crippen LogP contribution in [0.3, 0.4) is 0 Å². The lowest BCUT2D eigenvalue weighted by atomic mass is 10.2. The number of rotatable bonds is 5. The van der Waals surface area contributed by atoms with Crippen molar-refractivity contribution in [1.29, 1.82) is 0 Å². The van der Waals surface area contributed by atoms with Crippen molar-refractivity contribution in [3.8, 4) is 0 Å². The highest BCUT2D eigenvalue weighted by Gasteiger charge is 2.29. The fraction of sp³-hybridized carbons (Fsp3) is 0.588. The standard InChI is InChI=1S/C17H24N4O2S/c1-5-20(4)12-7-8-21(9-12)15-13-11(3)14(17(22)23-6-2)24-16(13)19-10-18-15/h10,12H,5-9H2,1-4H3. The molecule has 0 aromatic carbocycles. The Kier molecular flexibility index (Phi) is 5.01. The third-order valence-corrected chi connectivity index (χ3v) is 5.93. The summed E-state index contributed by atoms with van der Waals surface area (Å²) in [4.78, 5) is 27.3. The van der Waals surface area contributed by atoms with Crippen LogP contribution in [0.4, 0.5) is 5.82 Å². The van der Waals surface area contributed by atoms with E-state index in [1.165, 1.54) is 11.3 Å². The molecule has 2 aromatic rings. The van der Waals surface area contributed by atoms with Crippen molar-refractivity contribution in [3.05, 3.63) is 16.8 Å². The molecule has 1 aliphatic rings. The van der Waals surface area contributed by atoms with Gasteiger partial charge in [-0.3, -0.25) is 0 Å². The van der Waals surface area contributed by atoms with E-state index in [0.717, 1.165) is 47.7 Å². The Labute approximate surface area is 146 Å². The summed E-state index contributed by atoms with van der Waals surface area (Å²) in [6.45, 7) is 9.32. The van der Waals surface area contributed by atoms with Crippen molar-refractivity contribution in [2.75, 3.05) is 38.2 Å². The van der Waals surface area contributed by atoms with Gasteiger partial charge in [0.15, 0.2) is 0 Å². The van der Waals surface area contributed by atoms with Crippen LogP contribution >= 0.6 is 11.3 Å². The monoisotopic (exact) mass is 348 g/mol. The molecular weight excluding hydrogens is 324 g/mol. The summed E-state index contributed by atoms with van der Waals surface area (Å²) in [5.41, 5.74) is 0.927. The van der Waals surface area contributed by atoms with E-state index in [1.54, 1.807) is 6.33 Å². The maximum Gasteiger partial charge on any atom is 0.348 e. The number of aromatic nitrogens is 2. The van der Waals surface area contributed by atoms with Crippen LogP contribution in [0, 0.1) is 6.92 Å². The lowest BCUT2D eigenvalue weighted by Crippen LogP contribution is -2.34. The molecule has 0 radical (unpaired) electrons.